The Labute approximate surface area is 292 Å². The third-order valence-electron chi connectivity index (χ3n) is 11.5. The second-order valence-electron chi connectivity index (χ2n) is 14.0. The maximum Gasteiger partial charge on any atom is 0.241 e. The van der Waals surface area contributed by atoms with E-state index in [1.54, 1.807) is 60.7 Å². The summed E-state index contributed by atoms with van der Waals surface area (Å²) in [6.07, 6.45) is 2.54. The number of oxazole rings is 1. The van der Waals surface area contributed by atoms with Crippen molar-refractivity contribution < 1.29 is 33.4 Å². The van der Waals surface area contributed by atoms with Gasteiger partial charge in [-0.2, -0.15) is 0 Å². The Morgan fingerprint density at radius 1 is 0.824 bits per heavy atom. The molecule has 51 heavy (non-hydrogen) atoms. The smallest absolute Gasteiger partial charge is 0.241 e. The average molecular weight is 680 g/mol. The highest BCUT2D eigenvalue weighted by atomic mass is 16.5. The van der Waals surface area contributed by atoms with Crippen molar-refractivity contribution in [3.63, 3.8) is 0 Å². The fourth-order valence-corrected chi connectivity index (χ4v) is 9.12. The van der Waals surface area contributed by atoms with Gasteiger partial charge in [0.1, 0.15) is 17.0 Å². The molecule has 3 fully saturated rings. The van der Waals surface area contributed by atoms with Crippen LogP contribution < -0.4 is 14.5 Å². The van der Waals surface area contributed by atoms with Gasteiger partial charge in [-0.15, -0.1) is 0 Å². The maximum absolute atomic E-state index is 14.6. The number of phenols is 1. The average Bonchev–Trinajstić information content (AvgIpc) is 3.75. The van der Waals surface area contributed by atoms with Crippen LogP contribution in [-0.4, -0.2) is 40.8 Å². The Balaban J connectivity index is 1.11. The molecule has 0 radical (unpaired) electrons. The zero-order valence-corrected chi connectivity index (χ0v) is 27.9. The summed E-state index contributed by atoms with van der Waals surface area (Å²) in [5, 5.41) is 10.4. The van der Waals surface area contributed by atoms with Gasteiger partial charge in [-0.1, -0.05) is 48.0 Å². The molecule has 1 N–H and O–H groups in total. The predicted octanol–water partition coefficient (Wildman–Crippen LogP) is 6.64. The van der Waals surface area contributed by atoms with Crippen molar-refractivity contribution in [2.24, 2.45) is 29.1 Å². The summed E-state index contributed by atoms with van der Waals surface area (Å²) in [6, 6.07) is 28.1. The van der Waals surface area contributed by atoms with Crippen molar-refractivity contribution in [3.8, 4) is 23.0 Å². The summed E-state index contributed by atoms with van der Waals surface area (Å²) >= 11 is 0. The van der Waals surface area contributed by atoms with Gasteiger partial charge in [-0.3, -0.25) is 24.1 Å². The molecule has 6 atom stereocenters. The Morgan fingerprint density at radius 2 is 1.55 bits per heavy atom. The van der Waals surface area contributed by atoms with E-state index < -0.39 is 35.0 Å². The summed E-state index contributed by atoms with van der Waals surface area (Å²) < 4.78 is 11.7. The third-order valence-corrected chi connectivity index (χ3v) is 11.5. The lowest BCUT2D eigenvalue weighted by Crippen LogP contribution is -2.49. The number of methoxy groups -OCH3 is 1. The molecule has 0 bridgehead atoms. The quantitative estimate of drug-likeness (QED) is 0.162. The van der Waals surface area contributed by atoms with Crippen LogP contribution in [0.25, 0.3) is 22.6 Å². The van der Waals surface area contributed by atoms with E-state index in [-0.39, 0.29) is 35.8 Å². The Morgan fingerprint density at radius 3 is 2.29 bits per heavy atom. The molecule has 4 aromatic carbocycles. The number of carbonyl (C=O) groups is 4. The van der Waals surface area contributed by atoms with Crippen molar-refractivity contribution in [1.82, 2.24) is 4.98 Å². The van der Waals surface area contributed by atoms with Crippen LogP contribution in [0.5, 0.6) is 11.5 Å². The van der Waals surface area contributed by atoms with Gasteiger partial charge in [0.05, 0.1) is 41.7 Å². The zero-order valence-electron chi connectivity index (χ0n) is 27.9. The van der Waals surface area contributed by atoms with E-state index in [0.29, 0.717) is 46.1 Å². The number of allylic oxidation sites excluding steroid dienone is 2. The summed E-state index contributed by atoms with van der Waals surface area (Å²) in [6.45, 7) is 1.83. The van der Waals surface area contributed by atoms with Crippen LogP contribution in [0.3, 0.4) is 0 Å². The number of fused-ring (bicyclic) bond motifs is 5. The highest BCUT2D eigenvalue weighted by Gasteiger charge is 2.68. The number of anilines is 2. The number of amides is 4. The number of imide groups is 2. The first kappa shape index (κ1) is 31.0. The molecule has 2 aliphatic carbocycles. The van der Waals surface area contributed by atoms with Gasteiger partial charge in [-0.25, -0.2) is 9.88 Å². The molecule has 2 aliphatic heterocycles. The molecule has 0 unspecified atom stereocenters. The first-order chi connectivity index (χ1) is 24.7. The molecule has 4 aliphatic rings. The molecule has 2 saturated heterocycles. The van der Waals surface area contributed by atoms with Crippen LogP contribution in [0.4, 0.5) is 11.4 Å². The van der Waals surface area contributed by atoms with Crippen LogP contribution in [0, 0.1) is 29.1 Å². The minimum Gasteiger partial charge on any atom is -0.508 e. The molecule has 4 amide bonds. The van der Waals surface area contributed by atoms with E-state index in [9.17, 15) is 24.3 Å². The molecule has 1 aromatic heterocycles. The zero-order chi connectivity index (χ0) is 35.2. The number of ether oxygens (including phenoxy) is 1. The molecule has 5 aromatic rings. The maximum atomic E-state index is 14.6. The highest BCUT2D eigenvalue weighted by Crippen LogP contribution is 2.64. The number of nitrogens with zero attached hydrogens (tertiary/aromatic N) is 3. The molecular weight excluding hydrogens is 646 g/mol. The second-order valence-corrected chi connectivity index (χ2v) is 14.0. The molecule has 10 heteroatoms. The SMILES string of the molecule is COc1cc(O)ccc1[C@H]1C2=CC[C@@H]3C(=O)N(c4ccc(-c5nc6ccccc6o5)cc4)C(=O)[C@@H]3[C@@H]2C[C@H]2C(=O)N(c3ccccc3)C(=O)[C@@]12C. The lowest BCUT2D eigenvalue weighted by molar-refractivity contribution is -0.131. The molecule has 254 valence electrons. The fourth-order valence-electron chi connectivity index (χ4n) is 9.12. The number of benzene rings is 4. The molecule has 0 spiro atoms. The Hall–Kier alpha value is -6.03. The predicted molar refractivity (Wildman–Crippen MR) is 188 cm³/mol. The molecular formula is C41H33N3O7. The number of phenolic OH excluding ortho intramolecular Hbond substituents is 1. The highest BCUT2D eigenvalue weighted by molar-refractivity contribution is 6.25. The number of para-hydroxylation sites is 3. The largest absolute Gasteiger partial charge is 0.508 e. The van der Waals surface area contributed by atoms with E-state index in [0.717, 1.165) is 11.1 Å². The van der Waals surface area contributed by atoms with Gasteiger partial charge in [0.15, 0.2) is 5.58 Å². The molecule has 3 heterocycles. The number of carbonyl (C=O) groups excluding carboxylic acids is 4. The van der Waals surface area contributed by atoms with Gasteiger partial charge in [0.25, 0.3) is 0 Å². The first-order valence-electron chi connectivity index (χ1n) is 17.0. The number of aromatic nitrogens is 1. The van der Waals surface area contributed by atoms with E-state index in [4.69, 9.17) is 9.15 Å². The summed E-state index contributed by atoms with van der Waals surface area (Å²) in [7, 11) is 1.49. The Bertz CT molecular complexity index is 2280. The minimum atomic E-state index is -1.22. The van der Waals surface area contributed by atoms with Crippen LogP contribution in [0.1, 0.15) is 31.2 Å². The van der Waals surface area contributed by atoms with E-state index in [2.05, 4.69) is 4.98 Å². The van der Waals surface area contributed by atoms with Crippen molar-refractivity contribution in [2.75, 3.05) is 16.9 Å². The number of hydrogen-bond donors (Lipinski definition) is 1. The van der Waals surface area contributed by atoms with Crippen molar-refractivity contribution in [1.29, 1.82) is 0 Å². The standard InChI is InChI=1S/C41H33N3O7/c1-41-30(38(47)44(40(41)49)23-8-4-3-5-9-23)21-29-26(35(41)27-17-16-25(45)20-33(27)50-2)18-19-28-34(29)39(48)43(37(28)46)24-14-12-22(13-15-24)36-42-31-10-6-7-11-32(31)51-36/h3-18,20,28-30,34-35,45H,19,21H2,1-2H3/t28-,29+,30-,34-,35+,41+/m0/s1. The first-order valence-corrected chi connectivity index (χ1v) is 17.0. The van der Waals surface area contributed by atoms with Crippen LogP contribution >= 0.6 is 0 Å². The van der Waals surface area contributed by atoms with Gasteiger partial charge >= 0.3 is 0 Å². The van der Waals surface area contributed by atoms with Gasteiger partial charge in [-0.05, 0) is 80.3 Å². The topological polar surface area (TPSA) is 130 Å². The third kappa shape index (κ3) is 4.38. The van der Waals surface area contributed by atoms with E-state index >= 15 is 0 Å². The number of aromatic hydroxyl groups is 1. The van der Waals surface area contributed by atoms with Gasteiger partial charge in [0.2, 0.25) is 29.5 Å². The monoisotopic (exact) mass is 679 g/mol. The summed E-state index contributed by atoms with van der Waals surface area (Å²) in [5.41, 5.74) is 3.28. The van der Waals surface area contributed by atoms with Crippen molar-refractivity contribution in [3.05, 3.63) is 114 Å². The van der Waals surface area contributed by atoms with Gasteiger partial charge in [0, 0.05) is 23.1 Å². The normalized spacial score (nSPS) is 27.0. The van der Waals surface area contributed by atoms with E-state index in [1.807, 2.05) is 43.3 Å². The lowest BCUT2D eigenvalue weighted by Gasteiger charge is -2.49. The molecule has 1 saturated carbocycles. The number of rotatable bonds is 5. The lowest BCUT2D eigenvalue weighted by atomic mass is 9.51. The Kier molecular flexibility index (Phi) is 6.83. The summed E-state index contributed by atoms with van der Waals surface area (Å²) in [4.78, 5) is 64.7. The van der Waals surface area contributed by atoms with Crippen molar-refractivity contribution >= 4 is 46.1 Å². The number of hydrogen-bond acceptors (Lipinski definition) is 8. The van der Waals surface area contributed by atoms with Crippen LogP contribution in [-0.2, 0) is 19.2 Å². The van der Waals surface area contributed by atoms with Crippen LogP contribution in [0.15, 0.2) is 113 Å². The van der Waals surface area contributed by atoms with Gasteiger partial charge < -0.3 is 14.3 Å². The van der Waals surface area contributed by atoms with E-state index in [1.165, 1.54) is 23.0 Å². The molecule has 10 nitrogen and oxygen atoms in total. The van der Waals surface area contributed by atoms with Crippen LogP contribution in [0.2, 0.25) is 0 Å². The molecule has 9 rings (SSSR count). The summed E-state index contributed by atoms with van der Waals surface area (Å²) in [5.74, 6) is -3.74. The second kappa shape index (κ2) is 11.2. The fraction of sp³-hybridized carbons (Fsp3) is 0.244. The minimum absolute atomic E-state index is 0.00332. The van der Waals surface area contributed by atoms with Crippen molar-refractivity contribution in [2.45, 2.75) is 25.7 Å².